The number of nitrogens with zero attached hydrogens (tertiary/aromatic N) is 3. The number of hydrogen-bond acceptors (Lipinski definition) is 6. The Bertz CT molecular complexity index is 996. The van der Waals surface area contributed by atoms with Crippen molar-refractivity contribution in [3.63, 3.8) is 0 Å². The first-order valence-corrected chi connectivity index (χ1v) is 10.1. The van der Waals surface area contributed by atoms with Crippen LogP contribution in [0.4, 0.5) is 5.82 Å². The number of hydrogen-bond donors (Lipinski definition) is 1. The fourth-order valence-electron chi connectivity index (χ4n) is 2.40. The molecule has 0 amide bonds. The van der Waals surface area contributed by atoms with Gasteiger partial charge in [-0.15, -0.1) is 11.8 Å². The summed E-state index contributed by atoms with van der Waals surface area (Å²) in [6, 6.07) is 10.0. The lowest BCUT2D eigenvalue weighted by atomic mass is 10.1. The molecule has 0 fully saturated rings. The molecule has 3 rings (SSSR count). The first kappa shape index (κ1) is 16.8. The van der Waals surface area contributed by atoms with Crippen LogP contribution in [-0.4, -0.2) is 29.3 Å². The minimum Gasteiger partial charge on any atom is -0.384 e. The van der Waals surface area contributed by atoms with Crippen molar-refractivity contribution < 1.29 is 8.42 Å². The average Bonchev–Trinajstić information content (AvgIpc) is 2.95. The molecule has 0 spiro atoms. The Labute approximate surface area is 145 Å². The molecule has 24 heavy (non-hydrogen) atoms. The van der Waals surface area contributed by atoms with E-state index in [-0.39, 0.29) is 21.4 Å². The molecule has 2 heterocycles. The number of nitrogens with two attached hydrogens (primary N) is 1. The van der Waals surface area contributed by atoms with Gasteiger partial charge in [-0.3, -0.25) is 0 Å². The van der Waals surface area contributed by atoms with Crippen molar-refractivity contribution in [2.24, 2.45) is 0 Å². The molecule has 126 valence electrons. The number of sulfone groups is 1. The maximum Gasteiger partial charge on any atom is 0.213 e. The van der Waals surface area contributed by atoms with Crippen molar-refractivity contribution in [2.75, 3.05) is 12.0 Å². The summed E-state index contributed by atoms with van der Waals surface area (Å²) in [5, 5.41) is 4.72. The van der Waals surface area contributed by atoms with E-state index in [0.29, 0.717) is 10.8 Å². The lowest BCUT2D eigenvalue weighted by molar-refractivity contribution is 0.594. The molecule has 0 aliphatic rings. The van der Waals surface area contributed by atoms with Crippen molar-refractivity contribution in [2.45, 2.75) is 34.6 Å². The van der Waals surface area contributed by atoms with E-state index in [0.717, 1.165) is 5.69 Å². The summed E-state index contributed by atoms with van der Waals surface area (Å²) in [7, 11) is -3.75. The van der Waals surface area contributed by atoms with E-state index in [9.17, 15) is 8.42 Å². The molecule has 2 N–H and O–H groups in total. The van der Waals surface area contributed by atoms with Gasteiger partial charge in [-0.25, -0.2) is 13.4 Å². The SMILES string of the molecule is CSc1nn2c(N)cc(C(C)C)nc2c1S(=O)(=O)c1ccccc1. The zero-order valence-corrected chi connectivity index (χ0v) is 15.2. The van der Waals surface area contributed by atoms with E-state index in [1.807, 2.05) is 13.8 Å². The van der Waals surface area contributed by atoms with Crippen molar-refractivity contribution in [3.8, 4) is 0 Å². The third-order valence-electron chi connectivity index (χ3n) is 3.67. The van der Waals surface area contributed by atoms with Crippen molar-refractivity contribution in [1.29, 1.82) is 0 Å². The van der Waals surface area contributed by atoms with Gasteiger partial charge >= 0.3 is 0 Å². The van der Waals surface area contributed by atoms with Gasteiger partial charge in [0.15, 0.2) is 10.5 Å². The van der Waals surface area contributed by atoms with Crippen molar-refractivity contribution >= 4 is 33.1 Å². The number of nitrogen functional groups attached to an aromatic ring is 1. The highest BCUT2D eigenvalue weighted by molar-refractivity contribution is 7.99. The van der Waals surface area contributed by atoms with E-state index in [1.165, 1.54) is 16.3 Å². The van der Waals surface area contributed by atoms with Gasteiger partial charge in [0.25, 0.3) is 0 Å². The first-order chi connectivity index (χ1) is 11.4. The number of aromatic nitrogens is 3. The van der Waals surface area contributed by atoms with Crippen LogP contribution in [0.2, 0.25) is 0 Å². The van der Waals surface area contributed by atoms with Gasteiger partial charge in [-0.2, -0.15) is 9.61 Å². The summed E-state index contributed by atoms with van der Waals surface area (Å²) in [5.74, 6) is 0.491. The summed E-state index contributed by atoms with van der Waals surface area (Å²) in [6.45, 7) is 3.96. The quantitative estimate of drug-likeness (QED) is 0.718. The molecular formula is C16H18N4O2S2. The molecule has 3 aromatic rings. The van der Waals surface area contributed by atoms with Crippen LogP contribution in [0.3, 0.4) is 0 Å². The molecule has 0 aliphatic carbocycles. The molecule has 0 unspecified atom stereocenters. The largest absolute Gasteiger partial charge is 0.384 e. The van der Waals surface area contributed by atoms with Crippen LogP contribution in [0.1, 0.15) is 25.5 Å². The molecular weight excluding hydrogens is 344 g/mol. The maximum atomic E-state index is 13.1. The Kier molecular flexibility index (Phi) is 4.27. The molecule has 0 atom stereocenters. The summed E-state index contributed by atoms with van der Waals surface area (Å²) in [6.07, 6.45) is 1.78. The second-order valence-corrected chi connectivity index (χ2v) is 8.33. The molecule has 0 aliphatic heterocycles. The van der Waals surface area contributed by atoms with Gasteiger partial charge in [0, 0.05) is 11.8 Å². The average molecular weight is 362 g/mol. The molecule has 0 bridgehead atoms. The van der Waals surface area contributed by atoms with Crippen LogP contribution >= 0.6 is 11.8 Å². The van der Waals surface area contributed by atoms with E-state index >= 15 is 0 Å². The van der Waals surface area contributed by atoms with Crippen molar-refractivity contribution in [3.05, 3.63) is 42.1 Å². The highest BCUT2D eigenvalue weighted by atomic mass is 32.2. The van der Waals surface area contributed by atoms with Crippen LogP contribution in [0, 0.1) is 0 Å². The Morgan fingerprint density at radius 3 is 2.46 bits per heavy atom. The van der Waals surface area contributed by atoms with E-state index < -0.39 is 9.84 Å². The topological polar surface area (TPSA) is 90.3 Å². The van der Waals surface area contributed by atoms with E-state index in [1.54, 1.807) is 42.7 Å². The van der Waals surface area contributed by atoms with Gasteiger partial charge in [0.05, 0.1) is 4.90 Å². The zero-order chi connectivity index (χ0) is 17.5. The standard InChI is InChI=1S/C16H18N4O2S2/c1-10(2)12-9-13(17)20-15(18-12)14(16(19-20)23-3)24(21,22)11-7-5-4-6-8-11/h4-10H,17H2,1-3H3. The van der Waals surface area contributed by atoms with E-state index in [4.69, 9.17) is 5.73 Å². The van der Waals surface area contributed by atoms with Crippen LogP contribution < -0.4 is 5.73 Å². The molecule has 2 aromatic heterocycles. The zero-order valence-electron chi connectivity index (χ0n) is 13.6. The Hall–Kier alpha value is -2.06. The fraction of sp³-hybridized carbons (Fsp3) is 0.250. The first-order valence-electron chi connectivity index (χ1n) is 7.39. The maximum absolute atomic E-state index is 13.1. The Morgan fingerprint density at radius 1 is 1.21 bits per heavy atom. The lowest BCUT2D eigenvalue weighted by Crippen LogP contribution is -2.07. The summed E-state index contributed by atoms with van der Waals surface area (Å²) >= 11 is 1.26. The number of fused-ring (bicyclic) bond motifs is 1. The van der Waals surface area contributed by atoms with Gasteiger partial charge in [0.1, 0.15) is 10.8 Å². The molecule has 8 heteroatoms. The molecule has 1 aromatic carbocycles. The summed E-state index contributed by atoms with van der Waals surface area (Å²) in [4.78, 5) is 4.84. The molecule has 0 radical (unpaired) electrons. The van der Waals surface area contributed by atoms with Gasteiger partial charge in [0.2, 0.25) is 9.84 Å². The predicted octanol–water partition coefficient (Wildman–Crippen LogP) is 2.99. The van der Waals surface area contributed by atoms with E-state index in [2.05, 4.69) is 10.1 Å². The second-order valence-electron chi connectivity index (χ2n) is 5.65. The number of thioether (sulfide) groups is 1. The number of anilines is 1. The summed E-state index contributed by atoms with van der Waals surface area (Å²) < 4.78 is 27.7. The van der Waals surface area contributed by atoms with Gasteiger partial charge < -0.3 is 5.73 Å². The fourth-order valence-corrected chi connectivity index (χ4v) is 4.82. The Balaban J connectivity index is 2.38. The molecule has 0 saturated heterocycles. The number of rotatable bonds is 4. The highest BCUT2D eigenvalue weighted by Gasteiger charge is 2.29. The van der Waals surface area contributed by atoms with Crippen LogP contribution in [0.15, 0.2) is 51.2 Å². The highest BCUT2D eigenvalue weighted by Crippen LogP contribution is 2.33. The third-order valence-corrected chi connectivity index (χ3v) is 6.28. The number of benzene rings is 1. The second kappa shape index (κ2) is 6.10. The molecule has 0 saturated carbocycles. The predicted molar refractivity (Wildman–Crippen MR) is 95.2 cm³/mol. The minimum absolute atomic E-state index is 0.107. The van der Waals surface area contributed by atoms with Crippen LogP contribution in [0.5, 0.6) is 0 Å². The minimum atomic E-state index is -3.75. The summed E-state index contributed by atoms with van der Waals surface area (Å²) in [5.41, 5.74) is 7.07. The normalized spacial score (nSPS) is 12.2. The van der Waals surface area contributed by atoms with Gasteiger partial charge in [-0.05, 0) is 24.3 Å². The smallest absolute Gasteiger partial charge is 0.213 e. The van der Waals surface area contributed by atoms with Crippen LogP contribution in [-0.2, 0) is 9.84 Å². The third kappa shape index (κ3) is 2.65. The molecule has 6 nitrogen and oxygen atoms in total. The Morgan fingerprint density at radius 2 is 1.88 bits per heavy atom. The lowest BCUT2D eigenvalue weighted by Gasteiger charge is -2.08. The van der Waals surface area contributed by atoms with Crippen LogP contribution in [0.25, 0.3) is 5.65 Å². The van der Waals surface area contributed by atoms with Crippen molar-refractivity contribution in [1.82, 2.24) is 14.6 Å². The van der Waals surface area contributed by atoms with Gasteiger partial charge in [-0.1, -0.05) is 32.0 Å². The monoisotopic (exact) mass is 362 g/mol.